The molecule has 0 bridgehead atoms. The molecule has 1 heterocycles. The molecule has 1 aromatic carbocycles. The minimum atomic E-state index is -0.641. The first kappa shape index (κ1) is 7.60. The van der Waals surface area contributed by atoms with Gasteiger partial charge in [-0.15, -0.1) is 0 Å². The Morgan fingerprint density at radius 2 is 2.23 bits per heavy atom. The molecule has 2 aromatic rings. The molecule has 3 N–H and O–H groups in total. The quantitative estimate of drug-likeness (QED) is 0.654. The van der Waals surface area contributed by atoms with E-state index in [9.17, 15) is 9.59 Å². The molecule has 5 heteroatoms. The fourth-order valence-electron chi connectivity index (χ4n) is 1.21. The maximum absolute atomic E-state index is 11.1. The lowest BCUT2D eigenvalue weighted by molar-refractivity contribution is 0.100. The van der Waals surface area contributed by atoms with Gasteiger partial charge in [0.2, 0.25) is 5.91 Å². The number of amides is 1. The van der Waals surface area contributed by atoms with Crippen LogP contribution in [-0.2, 0) is 0 Å². The SMILES string of the molecule is NC(=O)c1cccc2o[nH]c(=O)c12. The van der Waals surface area contributed by atoms with E-state index >= 15 is 0 Å². The second-order valence-electron chi connectivity index (χ2n) is 2.58. The van der Waals surface area contributed by atoms with Crippen molar-refractivity contribution in [3.63, 3.8) is 0 Å². The average Bonchev–Trinajstić information content (AvgIpc) is 2.48. The molecule has 66 valence electrons. The van der Waals surface area contributed by atoms with Crippen LogP contribution in [0, 0.1) is 0 Å². The second-order valence-corrected chi connectivity index (χ2v) is 2.58. The summed E-state index contributed by atoms with van der Waals surface area (Å²) in [6, 6.07) is 4.66. The first-order valence-electron chi connectivity index (χ1n) is 3.60. The molecule has 13 heavy (non-hydrogen) atoms. The van der Waals surface area contributed by atoms with Crippen molar-refractivity contribution < 1.29 is 9.32 Å². The number of carbonyl (C=O) groups excluding carboxylic acids is 1. The Bertz CT molecular complexity index is 523. The highest BCUT2D eigenvalue weighted by atomic mass is 16.5. The van der Waals surface area contributed by atoms with Crippen molar-refractivity contribution in [1.82, 2.24) is 5.16 Å². The summed E-state index contributed by atoms with van der Waals surface area (Å²) in [5.41, 5.74) is 5.14. The average molecular weight is 178 g/mol. The number of aromatic amines is 1. The van der Waals surface area contributed by atoms with Crippen molar-refractivity contribution in [3.05, 3.63) is 34.1 Å². The normalized spacial score (nSPS) is 10.5. The summed E-state index contributed by atoms with van der Waals surface area (Å²) in [5.74, 6) is -0.641. The molecule has 0 unspecified atom stereocenters. The van der Waals surface area contributed by atoms with Crippen LogP contribution in [0.3, 0.4) is 0 Å². The summed E-state index contributed by atoms with van der Waals surface area (Å²) in [6.45, 7) is 0. The van der Waals surface area contributed by atoms with E-state index in [0.717, 1.165) is 0 Å². The smallest absolute Gasteiger partial charge is 0.288 e. The maximum atomic E-state index is 11.1. The zero-order valence-electron chi connectivity index (χ0n) is 6.53. The fraction of sp³-hybridized carbons (Fsp3) is 0. The van der Waals surface area contributed by atoms with E-state index in [1.165, 1.54) is 6.07 Å². The largest absolute Gasteiger partial charge is 0.378 e. The van der Waals surface area contributed by atoms with Crippen molar-refractivity contribution >= 4 is 16.9 Å². The van der Waals surface area contributed by atoms with E-state index in [1.807, 2.05) is 0 Å². The van der Waals surface area contributed by atoms with Crippen molar-refractivity contribution in [2.24, 2.45) is 5.73 Å². The van der Waals surface area contributed by atoms with E-state index < -0.39 is 11.5 Å². The molecule has 0 atom stereocenters. The molecule has 0 saturated heterocycles. The minimum absolute atomic E-state index is 0.174. The zero-order valence-corrected chi connectivity index (χ0v) is 6.53. The van der Waals surface area contributed by atoms with Crippen molar-refractivity contribution in [1.29, 1.82) is 0 Å². The number of fused-ring (bicyclic) bond motifs is 1. The third-order valence-electron chi connectivity index (χ3n) is 1.77. The summed E-state index contributed by atoms with van der Waals surface area (Å²) in [7, 11) is 0. The lowest BCUT2D eigenvalue weighted by atomic mass is 10.1. The Labute approximate surface area is 72.1 Å². The van der Waals surface area contributed by atoms with Gasteiger partial charge in [-0.05, 0) is 12.1 Å². The van der Waals surface area contributed by atoms with Gasteiger partial charge in [-0.3, -0.25) is 9.59 Å². The van der Waals surface area contributed by atoms with Crippen LogP contribution in [0.15, 0.2) is 27.5 Å². The van der Waals surface area contributed by atoms with Gasteiger partial charge in [-0.2, -0.15) is 5.16 Å². The molecule has 1 aromatic heterocycles. The number of nitrogens with one attached hydrogen (secondary N) is 1. The van der Waals surface area contributed by atoms with Crippen LogP contribution in [0.25, 0.3) is 11.0 Å². The second kappa shape index (κ2) is 2.48. The number of rotatable bonds is 1. The molecule has 0 saturated carbocycles. The standard InChI is InChI=1S/C8H6N2O3/c9-7(11)4-2-1-3-5-6(4)8(12)10-13-5/h1-3H,(H2,9,11)(H,10,12). The number of primary amides is 1. The van der Waals surface area contributed by atoms with Crippen LogP contribution in [0.5, 0.6) is 0 Å². The molecule has 1 amide bonds. The molecule has 5 nitrogen and oxygen atoms in total. The van der Waals surface area contributed by atoms with E-state index in [1.54, 1.807) is 12.1 Å². The van der Waals surface area contributed by atoms with Gasteiger partial charge in [0.15, 0.2) is 5.58 Å². The van der Waals surface area contributed by atoms with Crippen LogP contribution >= 0.6 is 0 Å². The first-order chi connectivity index (χ1) is 6.20. The van der Waals surface area contributed by atoms with E-state index in [2.05, 4.69) is 5.16 Å². The van der Waals surface area contributed by atoms with Gasteiger partial charge in [-0.25, -0.2) is 0 Å². The predicted molar refractivity (Wildman–Crippen MR) is 45.4 cm³/mol. The number of hydrogen-bond donors (Lipinski definition) is 2. The number of nitrogens with two attached hydrogens (primary N) is 1. The van der Waals surface area contributed by atoms with Crippen LogP contribution < -0.4 is 11.3 Å². The topological polar surface area (TPSA) is 89.1 Å². The number of H-pyrrole nitrogens is 1. The lowest BCUT2D eigenvalue weighted by Crippen LogP contribution is -2.14. The molecule has 0 fully saturated rings. The number of aromatic nitrogens is 1. The highest BCUT2D eigenvalue weighted by molar-refractivity contribution is 6.04. The van der Waals surface area contributed by atoms with Crippen LogP contribution in [0.2, 0.25) is 0 Å². The predicted octanol–water partition coefficient (Wildman–Crippen LogP) is 0.220. The van der Waals surface area contributed by atoms with E-state index in [-0.39, 0.29) is 10.9 Å². The Kier molecular flexibility index (Phi) is 1.45. The molecule has 0 spiro atoms. The van der Waals surface area contributed by atoms with Gasteiger partial charge in [0.1, 0.15) is 5.39 Å². The van der Waals surface area contributed by atoms with Gasteiger partial charge >= 0.3 is 0 Å². The molecule has 0 aliphatic heterocycles. The highest BCUT2D eigenvalue weighted by Crippen LogP contribution is 2.13. The summed E-state index contributed by atoms with van der Waals surface area (Å²) in [5, 5.41) is 2.34. The summed E-state index contributed by atoms with van der Waals surface area (Å²) in [4.78, 5) is 22.0. The van der Waals surface area contributed by atoms with Gasteiger partial charge in [0.05, 0.1) is 5.56 Å². The van der Waals surface area contributed by atoms with Crippen LogP contribution in [0.1, 0.15) is 10.4 Å². The summed E-state index contributed by atoms with van der Waals surface area (Å²) < 4.78 is 4.79. The number of benzene rings is 1. The van der Waals surface area contributed by atoms with Crippen LogP contribution in [0.4, 0.5) is 0 Å². The van der Waals surface area contributed by atoms with Crippen LogP contribution in [-0.4, -0.2) is 11.1 Å². The van der Waals surface area contributed by atoms with Crippen molar-refractivity contribution in [3.8, 4) is 0 Å². The molecule has 2 rings (SSSR count). The molecule has 0 aliphatic carbocycles. The molecule has 0 radical (unpaired) electrons. The summed E-state index contributed by atoms with van der Waals surface area (Å²) >= 11 is 0. The monoisotopic (exact) mass is 178 g/mol. The van der Waals surface area contributed by atoms with E-state index in [4.69, 9.17) is 10.3 Å². The molecular formula is C8H6N2O3. The zero-order chi connectivity index (χ0) is 9.42. The first-order valence-corrected chi connectivity index (χ1v) is 3.60. The maximum Gasteiger partial charge on any atom is 0.288 e. The fourth-order valence-corrected chi connectivity index (χ4v) is 1.21. The van der Waals surface area contributed by atoms with E-state index in [0.29, 0.717) is 5.58 Å². The Balaban J connectivity index is 2.96. The van der Waals surface area contributed by atoms with Crippen molar-refractivity contribution in [2.45, 2.75) is 0 Å². The van der Waals surface area contributed by atoms with Gasteiger partial charge in [0.25, 0.3) is 5.56 Å². The lowest BCUT2D eigenvalue weighted by Gasteiger charge is -1.93. The van der Waals surface area contributed by atoms with Crippen molar-refractivity contribution in [2.75, 3.05) is 0 Å². The summed E-state index contributed by atoms with van der Waals surface area (Å²) in [6.07, 6.45) is 0. The third kappa shape index (κ3) is 1.01. The number of hydrogen-bond acceptors (Lipinski definition) is 3. The third-order valence-corrected chi connectivity index (χ3v) is 1.77. The Hall–Kier alpha value is -2.04. The van der Waals surface area contributed by atoms with Gasteiger partial charge in [-0.1, -0.05) is 6.07 Å². The molecule has 0 aliphatic rings. The Morgan fingerprint density at radius 1 is 1.46 bits per heavy atom. The van der Waals surface area contributed by atoms with Gasteiger partial charge < -0.3 is 10.3 Å². The number of carbonyl (C=O) groups is 1. The molecular weight excluding hydrogens is 172 g/mol. The highest BCUT2D eigenvalue weighted by Gasteiger charge is 2.11. The minimum Gasteiger partial charge on any atom is -0.378 e. The van der Waals surface area contributed by atoms with Gasteiger partial charge in [0, 0.05) is 0 Å². The Morgan fingerprint density at radius 3 is 2.92 bits per heavy atom.